The zero-order valence-electron chi connectivity index (χ0n) is 7.98. The molecular weight excluding hydrogens is 259 g/mol. The van der Waals surface area contributed by atoms with Crippen molar-refractivity contribution in [3.8, 4) is 0 Å². The van der Waals surface area contributed by atoms with Crippen LogP contribution < -0.4 is 0 Å². The number of carboxylic acids is 1. The van der Waals surface area contributed by atoms with Gasteiger partial charge in [0, 0.05) is 5.56 Å². The summed E-state index contributed by atoms with van der Waals surface area (Å²) >= 11 is 5.46. The Balaban J connectivity index is 2.97. The minimum absolute atomic E-state index is 0.131. The Morgan fingerprint density at radius 1 is 1.44 bits per heavy atom. The van der Waals surface area contributed by atoms with E-state index in [4.69, 9.17) is 16.7 Å². The number of benzene rings is 1. The van der Waals surface area contributed by atoms with Crippen molar-refractivity contribution in [1.29, 1.82) is 0 Å². The highest BCUT2D eigenvalue weighted by Gasteiger charge is 2.19. The summed E-state index contributed by atoms with van der Waals surface area (Å²) in [4.78, 5) is 10.3. The molecule has 0 aliphatic carbocycles. The van der Waals surface area contributed by atoms with Crippen LogP contribution in [0, 0.1) is 5.82 Å². The van der Waals surface area contributed by atoms with Gasteiger partial charge in [0.15, 0.2) is 9.84 Å². The lowest BCUT2D eigenvalue weighted by molar-refractivity contribution is -0.134. The molecule has 0 aliphatic rings. The molecule has 0 saturated heterocycles. The fourth-order valence-corrected chi connectivity index (χ4v) is 2.51. The molecule has 1 aromatic carbocycles. The van der Waals surface area contributed by atoms with Gasteiger partial charge in [0.2, 0.25) is 0 Å². The molecule has 1 rings (SSSR count). The highest BCUT2D eigenvalue weighted by Crippen LogP contribution is 2.19. The Morgan fingerprint density at radius 2 is 2.06 bits per heavy atom. The summed E-state index contributed by atoms with van der Waals surface area (Å²) in [5, 5.41) is 8.16. The SMILES string of the molecule is O=C(O)CS(=O)(=O)Cc1cccc(Cl)c1F. The zero-order valence-corrected chi connectivity index (χ0v) is 9.55. The van der Waals surface area contributed by atoms with E-state index >= 15 is 0 Å². The van der Waals surface area contributed by atoms with Gasteiger partial charge in [-0.1, -0.05) is 23.7 Å². The van der Waals surface area contributed by atoms with Crippen LogP contribution in [0.15, 0.2) is 18.2 Å². The summed E-state index contributed by atoms with van der Waals surface area (Å²) in [6, 6.07) is 3.93. The second-order valence-corrected chi connectivity index (χ2v) is 5.61. The smallest absolute Gasteiger partial charge is 0.318 e. The van der Waals surface area contributed by atoms with Crippen LogP contribution >= 0.6 is 11.6 Å². The van der Waals surface area contributed by atoms with Gasteiger partial charge in [0.05, 0.1) is 10.8 Å². The average Bonchev–Trinajstić information content (AvgIpc) is 2.10. The third kappa shape index (κ3) is 3.46. The van der Waals surface area contributed by atoms with Crippen LogP contribution in [-0.2, 0) is 20.4 Å². The maximum absolute atomic E-state index is 13.3. The monoisotopic (exact) mass is 266 g/mol. The molecule has 0 aliphatic heterocycles. The van der Waals surface area contributed by atoms with Crippen molar-refractivity contribution < 1.29 is 22.7 Å². The largest absolute Gasteiger partial charge is 0.480 e. The van der Waals surface area contributed by atoms with E-state index in [9.17, 15) is 17.6 Å². The highest BCUT2D eigenvalue weighted by atomic mass is 35.5. The standard InChI is InChI=1S/C9H8ClFO4S/c10-7-3-1-2-6(9(7)11)4-16(14,15)5-8(12)13/h1-3H,4-5H2,(H,12,13). The first-order valence-electron chi connectivity index (χ1n) is 4.17. The Labute approximate surface area is 96.6 Å². The summed E-state index contributed by atoms with van der Waals surface area (Å²) in [5.74, 6) is -4.01. The molecule has 1 N–H and O–H groups in total. The van der Waals surface area contributed by atoms with Gasteiger partial charge in [-0.3, -0.25) is 4.79 Å². The molecule has 4 nitrogen and oxygen atoms in total. The number of carbonyl (C=O) groups is 1. The van der Waals surface area contributed by atoms with E-state index in [1.54, 1.807) is 0 Å². The third-order valence-corrected chi connectivity index (χ3v) is 3.48. The normalized spacial score (nSPS) is 11.4. The molecule has 0 heterocycles. The maximum Gasteiger partial charge on any atom is 0.318 e. The number of aliphatic carboxylic acids is 1. The van der Waals surface area contributed by atoms with Gasteiger partial charge in [-0.25, -0.2) is 12.8 Å². The number of sulfone groups is 1. The van der Waals surface area contributed by atoms with Crippen molar-refractivity contribution >= 4 is 27.4 Å². The van der Waals surface area contributed by atoms with Crippen molar-refractivity contribution in [1.82, 2.24) is 0 Å². The molecule has 0 bridgehead atoms. The Bertz CT molecular complexity index is 512. The van der Waals surface area contributed by atoms with Crippen molar-refractivity contribution in [2.24, 2.45) is 0 Å². The van der Waals surface area contributed by atoms with Crippen molar-refractivity contribution in [3.63, 3.8) is 0 Å². The van der Waals surface area contributed by atoms with Gasteiger partial charge in [0.1, 0.15) is 11.6 Å². The molecule has 0 fully saturated rings. The fraction of sp³-hybridized carbons (Fsp3) is 0.222. The molecule has 0 saturated carbocycles. The van der Waals surface area contributed by atoms with Gasteiger partial charge in [-0.05, 0) is 6.07 Å². The number of carboxylic acid groups (broad SMARTS) is 1. The Morgan fingerprint density at radius 3 is 2.62 bits per heavy atom. The second-order valence-electron chi connectivity index (χ2n) is 3.14. The zero-order chi connectivity index (χ0) is 12.3. The van der Waals surface area contributed by atoms with Crippen molar-refractivity contribution in [3.05, 3.63) is 34.6 Å². The fourth-order valence-electron chi connectivity index (χ4n) is 1.14. The topological polar surface area (TPSA) is 71.4 Å². The number of rotatable bonds is 4. The van der Waals surface area contributed by atoms with E-state index < -0.39 is 33.1 Å². The Kier molecular flexibility index (Phi) is 3.88. The molecule has 0 atom stereocenters. The summed E-state index contributed by atoms with van der Waals surface area (Å²) in [5.41, 5.74) is -0.131. The molecular formula is C9H8ClFO4S. The van der Waals surface area contributed by atoms with Crippen molar-refractivity contribution in [2.75, 3.05) is 5.75 Å². The number of halogens is 2. The van der Waals surface area contributed by atoms with Gasteiger partial charge in [0.25, 0.3) is 0 Å². The van der Waals surface area contributed by atoms with Gasteiger partial charge < -0.3 is 5.11 Å². The summed E-state index contributed by atoms with van der Waals surface area (Å²) in [6.07, 6.45) is 0. The summed E-state index contributed by atoms with van der Waals surface area (Å²) in [6.45, 7) is 0. The molecule has 0 radical (unpaired) electrons. The van der Waals surface area contributed by atoms with Crippen molar-refractivity contribution in [2.45, 2.75) is 5.75 Å². The van der Waals surface area contributed by atoms with Crippen LogP contribution in [0.1, 0.15) is 5.56 Å². The minimum atomic E-state index is -3.87. The molecule has 0 aromatic heterocycles. The van der Waals surface area contributed by atoms with E-state index in [2.05, 4.69) is 0 Å². The van der Waals surface area contributed by atoms with Crippen LogP contribution in [0.25, 0.3) is 0 Å². The van der Waals surface area contributed by atoms with Gasteiger partial charge >= 0.3 is 5.97 Å². The first-order valence-corrected chi connectivity index (χ1v) is 6.37. The number of hydrogen-bond donors (Lipinski definition) is 1. The van der Waals surface area contributed by atoms with Crippen LogP contribution in [0.3, 0.4) is 0 Å². The maximum atomic E-state index is 13.3. The molecule has 0 amide bonds. The van der Waals surface area contributed by atoms with E-state index in [1.165, 1.54) is 18.2 Å². The molecule has 7 heteroatoms. The van der Waals surface area contributed by atoms with Crippen LogP contribution in [-0.4, -0.2) is 25.2 Å². The second kappa shape index (κ2) is 4.80. The van der Waals surface area contributed by atoms with Crippen LogP contribution in [0.2, 0.25) is 5.02 Å². The molecule has 0 unspecified atom stereocenters. The summed E-state index contributed by atoms with van der Waals surface area (Å²) < 4.78 is 35.9. The summed E-state index contributed by atoms with van der Waals surface area (Å²) in [7, 11) is -3.87. The number of hydrogen-bond acceptors (Lipinski definition) is 3. The van der Waals surface area contributed by atoms with Crippen LogP contribution in [0.5, 0.6) is 0 Å². The van der Waals surface area contributed by atoms with Gasteiger partial charge in [-0.15, -0.1) is 0 Å². The lowest BCUT2D eigenvalue weighted by Gasteiger charge is -2.04. The highest BCUT2D eigenvalue weighted by molar-refractivity contribution is 7.91. The lowest BCUT2D eigenvalue weighted by Crippen LogP contribution is -2.17. The predicted octanol–water partition coefficient (Wildman–Crippen LogP) is 1.48. The van der Waals surface area contributed by atoms with E-state index in [1.807, 2.05) is 0 Å². The first kappa shape index (κ1) is 12.9. The lowest BCUT2D eigenvalue weighted by atomic mass is 10.2. The molecule has 1 aromatic rings. The molecule has 0 spiro atoms. The quantitative estimate of drug-likeness (QED) is 0.896. The molecule has 88 valence electrons. The van der Waals surface area contributed by atoms with Gasteiger partial charge in [-0.2, -0.15) is 0 Å². The third-order valence-electron chi connectivity index (χ3n) is 1.75. The Hall–Kier alpha value is -1.14. The first-order chi connectivity index (χ1) is 7.32. The van der Waals surface area contributed by atoms with Crippen LogP contribution in [0.4, 0.5) is 4.39 Å². The van der Waals surface area contributed by atoms with E-state index in [0.29, 0.717) is 0 Å². The minimum Gasteiger partial charge on any atom is -0.480 e. The molecule has 16 heavy (non-hydrogen) atoms. The average molecular weight is 267 g/mol. The van der Waals surface area contributed by atoms with E-state index in [-0.39, 0.29) is 10.6 Å². The van der Waals surface area contributed by atoms with E-state index in [0.717, 1.165) is 0 Å². The predicted molar refractivity (Wildman–Crippen MR) is 56.5 cm³/mol.